The van der Waals surface area contributed by atoms with Gasteiger partial charge in [-0.1, -0.05) is 23.7 Å². The lowest BCUT2D eigenvalue weighted by molar-refractivity contribution is -0.142. The Kier molecular flexibility index (Phi) is 6.37. The first-order valence-corrected chi connectivity index (χ1v) is 8.11. The third-order valence-corrected chi connectivity index (χ3v) is 3.74. The van der Waals surface area contributed by atoms with Crippen LogP contribution in [0.15, 0.2) is 29.6 Å². The minimum absolute atomic E-state index is 0.0797. The Morgan fingerprint density at radius 2 is 2.13 bits per heavy atom. The SMILES string of the molecule is CCOC(=O)Cc1csc(NC(=O)COc2ccccc2Cl)n1. The molecule has 0 radical (unpaired) electrons. The van der Waals surface area contributed by atoms with Crippen LogP contribution in [0.1, 0.15) is 12.6 Å². The Labute approximate surface area is 142 Å². The lowest BCUT2D eigenvalue weighted by atomic mass is 10.3. The molecule has 0 saturated heterocycles. The largest absolute Gasteiger partial charge is 0.482 e. The van der Waals surface area contributed by atoms with E-state index in [0.29, 0.717) is 28.2 Å². The van der Waals surface area contributed by atoms with Gasteiger partial charge in [-0.05, 0) is 19.1 Å². The summed E-state index contributed by atoms with van der Waals surface area (Å²) in [6.07, 6.45) is 0.0797. The summed E-state index contributed by atoms with van der Waals surface area (Å²) in [6.45, 7) is 1.88. The van der Waals surface area contributed by atoms with Gasteiger partial charge in [-0.2, -0.15) is 0 Å². The number of hydrogen-bond donors (Lipinski definition) is 1. The second kappa shape index (κ2) is 8.50. The molecule has 0 atom stereocenters. The van der Waals surface area contributed by atoms with E-state index in [1.807, 2.05) is 0 Å². The highest BCUT2D eigenvalue weighted by molar-refractivity contribution is 7.13. The number of ether oxygens (including phenoxy) is 2. The van der Waals surface area contributed by atoms with Crippen molar-refractivity contribution in [3.63, 3.8) is 0 Å². The van der Waals surface area contributed by atoms with Gasteiger partial charge in [0.25, 0.3) is 5.91 Å². The molecule has 2 rings (SSSR count). The number of hydrogen-bond acceptors (Lipinski definition) is 6. The number of thiazole rings is 1. The number of aromatic nitrogens is 1. The van der Waals surface area contributed by atoms with E-state index in [2.05, 4.69) is 10.3 Å². The van der Waals surface area contributed by atoms with Gasteiger partial charge in [0, 0.05) is 5.38 Å². The Hall–Kier alpha value is -2.12. The van der Waals surface area contributed by atoms with Crippen LogP contribution < -0.4 is 10.1 Å². The summed E-state index contributed by atoms with van der Waals surface area (Å²) in [5.74, 6) is -0.272. The second-order valence-electron chi connectivity index (χ2n) is 4.39. The van der Waals surface area contributed by atoms with Crippen molar-refractivity contribution in [2.75, 3.05) is 18.5 Å². The number of nitrogens with zero attached hydrogens (tertiary/aromatic N) is 1. The van der Waals surface area contributed by atoms with Crippen molar-refractivity contribution in [1.29, 1.82) is 0 Å². The Bertz CT molecular complexity index is 690. The number of amides is 1. The molecular weight excluding hydrogens is 340 g/mol. The van der Waals surface area contributed by atoms with Gasteiger partial charge >= 0.3 is 5.97 Å². The summed E-state index contributed by atoms with van der Waals surface area (Å²) in [4.78, 5) is 27.3. The summed E-state index contributed by atoms with van der Waals surface area (Å²) in [6, 6.07) is 6.89. The molecule has 1 heterocycles. The number of halogens is 1. The van der Waals surface area contributed by atoms with E-state index < -0.39 is 0 Å². The van der Waals surface area contributed by atoms with Crippen molar-refractivity contribution >= 4 is 39.9 Å². The van der Waals surface area contributed by atoms with Crippen molar-refractivity contribution in [3.05, 3.63) is 40.4 Å². The highest BCUT2D eigenvalue weighted by atomic mass is 35.5. The van der Waals surface area contributed by atoms with Crippen LogP contribution in [0.4, 0.5) is 5.13 Å². The lowest BCUT2D eigenvalue weighted by Gasteiger charge is -2.07. The molecule has 0 spiro atoms. The maximum Gasteiger partial charge on any atom is 0.311 e. The number of esters is 1. The number of rotatable bonds is 7. The van der Waals surface area contributed by atoms with Gasteiger partial charge in [-0.3, -0.25) is 14.9 Å². The molecule has 0 aliphatic rings. The molecule has 1 aromatic heterocycles. The quantitative estimate of drug-likeness (QED) is 0.773. The van der Waals surface area contributed by atoms with Crippen LogP contribution in [0.5, 0.6) is 5.75 Å². The minimum Gasteiger partial charge on any atom is -0.482 e. The number of anilines is 1. The van der Waals surface area contributed by atoms with Crippen LogP contribution >= 0.6 is 22.9 Å². The highest BCUT2D eigenvalue weighted by Gasteiger charge is 2.11. The second-order valence-corrected chi connectivity index (χ2v) is 5.66. The zero-order chi connectivity index (χ0) is 16.7. The first kappa shape index (κ1) is 17.2. The fourth-order valence-corrected chi connectivity index (χ4v) is 2.58. The molecule has 0 unspecified atom stereocenters. The molecule has 1 N–H and O–H groups in total. The smallest absolute Gasteiger partial charge is 0.311 e. The number of para-hydroxylation sites is 1. The molecule has 2 aromatic rings. The predicted octanol–water partition coefficient (Wildman–Crippen LogP) is 2.92. The van der Waals surface area contributed by atoms with Gasteiger partial charge in [0.2, 0.25) is 0 Å². The van der Waals surface area contributed by atoms with Gasteiger partial charge in [0.1, 0.15) is 5.75 Å². The number of carbonyl (C=O) groups excluding carboxylic acids is 2. The fraction of sp³-hybridized carbons (Fsp3) is 0.267. The van der Waals surface area contributed by atoms with Gasteiger partial charge in [0.05, 0.1) is 23.7 Å². The monoisotopic (exact) mass is 354 g/mol. The van der Waals surface area contributed by atoms with Crippen LogP contribution in [-0.2, 0) is 20.7 Å². The Morgan fingerprint density at radius 1 is 1.35 bits per heavy atom. The van der Waals surface area contributed by atoms with Crippen LogP contribution in [0.25, 0.3) is 0 Å². The van der Waals surface area contributed by atoms with E-state index in [4.69, 9.17) is 21.1 Å². The fourth-order valence-electron chi connectivity index (χ4n) is 1.67. The third kappa shape index (κ3) is 5.54. The predicted molar refractivity (Wildman–Crippen MR) is 88.0 cm³/mol. The van der Waals surface area contributed by atoms with Crippen molar-refractivity contribution in [1.82, 2.24) is 4.98 Å². The summed E-state index contributed by atoms with van der Waals surface area (Å²) in [7, 11) is 0. The van der Waals surface area contributed by atoms with E-state index in [-0.39, 0.29) is 24.9 Å². The topological polar surface area (TPSA) is 77.5 Å². The molecule has 1 aromatic carbocycles. The number of carbonyl (C=O) groups is 2. The summed E-state index contributed by atoms with van der Waals surface area (Å²) >= 11 is 7.16. The molecule has 122 valence electrons. The van der Waals surface area contributed by atoms with Crippen molar-refractivity contribution in [3.8, 4) is 5.75 Å². The van der Waals surface area contributed by atoms with Crippen LogP contribution in [-0.4, -0.2) is 30.1 Å². The first-order valence-electron chi connectivity index (χ1n) is 6.85. The summed E-state index contributed by atoms with van der Waals surface area (Å²) in [5.41, 5.74) is 0.552. The summed E-state index contributed by atoms with van der Waals surface area (Å²) in [5, 5.41) is 5.14. The highest BCUT2D eigenvalue weighted by Crippen LogP contribution is 2.23. The first-order chi connectivity index (χ1) is 11.1. The van der Waals surface area contributed by atoms with Crippen molar-refractivity contribution in [2.45, 2.75) is 13.3 Å². The molecule has 0 aliphatic carbocycles. The number of benzene rings is 1. The standard InChI is InChI=1S/C15H15ClN2O4S/c1-2-21-14(20)7-10-9-23-15(17-10)18-13(19)8-22-12-6-4-3-5-11(12)16/h3-6,9H,2,7-8H2,1H3,(H,17,18,19). The van der Waals surface area contributed by atoms with Crippen LogP contribution in [0.3, 0.4) is 0 Å². The molecule has 0 bridgehead atoms. The molecule has 23 heavy (non-hydrogen) atoms. The number of nitrogens with one attached hydrogen (secondary N) is 1. The minimum atomic E-state index is -0.359. The van der Waals surface area contributed by atoms with E-state index in [0.717, 1.165) is 0 Å². The van der Waals surface area contributed by atoms with Gasteiger partial charge < -0.3 is 9.47 Å². The van der Waals surface area contributed by atoms with E-state index in [1.54, 1.807) is 36.6 Å². The maximum absolute atomic E-state index is 11.8. The molecule has 0 aliphatic heterocycles. The molecule has 0 fully saturated rings. The maximum atomic E-state index is 11.8. The van der Waals surface area contributed by atoms with E-state index in [9.17, 15) is 9.59 Å². The third-order valence-electron chi connectivity index (χ3n) is 2.62. The Morgan fingerprint density at radius 3 is 2.87 bits per heavy atom. The van der Waals surface area contributed by atoms with E-state index >= 15 is 0 Å². The average molecular weight is 355 g/mol. The molecule has 6 nitrogen and oxygen atoms in total. The van der Waals surface area contributed by atoms with Crippen LogP contribution in [0, 0.1) is 0 Å². The molecule has 1 amide bonds. The molecular formula is C15H15ClN2O4S. The van der Waals surface area contributed by atoms with Crippen molar-refractivity contribution in [2.24, 2.45) is 0 Å². The zero-order valence-corrected chi connectivity index (χ0v) is 13.9. The van der Waals surface area contributed by atoms with E-state index in [1.165, 1.54) is 11.3 Å². The van der Waals surface area contributed by atoms with Gasteiger partial charge in [0.15, 0.2) is 11.7 Å². The van der Waals surface area contributed by atoms with Crippen molar-refractivity contribution < 1.29 is 19.1 Å². The molecule has 8 heteroatoms. The van der Waals surface area contributed by atoms with Crippen LogP contribution in [0.2, 0.25) is 5.02 Å². The lowest BCUT2D eigenvalue weighted by Crippen LogP contribution is -2.20. The average Bonchev–Trinajstić information content (AvgIpc) is 2.93. The van der Waals surface area contributed by atoms with Gasteiger partial charge in [-0.15, -0.1) is 11.3 Å². The van der Waals surface area contributed by atoms with Gasteiger partial charge in [-0.25, -0.2) is 4.98 Å². The summed E-state index contributed by atoms with van der Waals surface area (Å²) < 4.78 is 10.2. The molecule has 0 saturated carbocycles. The Balaban J connectivity index is 1.82. The zero-order valence-electron chi connectivity index (χ0n) is 12.4. The normalized spacial score (nSPS) is 10.2.